The first-order valence-corrected chi connectivity index (χ1v) is 7.08. The van der Waals surface area contributed by atoms with Gasteiger partial charge in [0.2, 0.25) is 0 Å². The number of ether oxygens (including phenoxy) is 1. The maximum atomic E-state index is 5.92. The maximum Gasteiger partial charge on any atom is 0.0643 e. The molecular formula is C16H21ClO. The van der Waals surface area contributed by atoms with Crippen molar-refractivity contribution in [2.24, 2.45) is 5.92 Å². The standard InChI is InChI=1S/C16H21ClO/c1-18-12-2-3-13-4-6-14(7-5-13)15-8-10-16(17)11-9-15/h2-3,8-11,13-14H,4-7,12H2,1H3/t13-,14-. The largest absolute Gasteiger partial charge is 0.381 e. The molecule has 0 unspecified atom stereocenters. The average molecular weight is 265 g/mol. The van der Waals surface area contributed by atoms with Gasteiger partial charge >= 0.3 is 0 Å². The third kappa shape index (κ3) is 3.86. The molecular weight excluding hydrogens is 244 g/mol. The molecule has 1 fully saturated rings. The quantitative estimate of drug-likeness (QED) is 0.709. The third-order valence-corrected chi connectivity index (χ3v) is 4.04. The van der Waals surface area contributed by atoms with Gasteiger partial charge in [-0.25, -0.2) is 0 Å². The molecule has 0 amide bonds. The summed E-state index contributed by atoms with van der Waals surface area (Å²) in [6.45, 7) is 0.733. The summed E-state index contributed by atoms with van der Waals surface area (Å²) < 4.78 is 5.04. The van der Waals surface area contributed by atoms with Crippen LogP contribution in [0.1, 0.15) is 37.2 Å². The molecule has 0 saturated heterocycles. The first-order chi connectivity index (χ1) is 8.79. The highest BCUT2D eigenvalue weighted by atomic mass is 35.5. The van der Waals surface area contributed by atoms with E-state index in [0.717, 1.165) is 17.5 Å². The molecule has 18 heavy (non-hydrogen) atoms. The monoisotopic (exact) mass is 264 g/mol. The summed E-state index contributed by atoms with van der Waals surface area (Å²) in [5.74, 6) is 1.46. The van der Waals surface area contributed by atoms with E-state index in [1.807, 2.05) is 12.1 Å². The molecule has 0 N–H and O–H groups in total. The lowest BCUT2D eigenvalue weighted by atomic mass is 9.78. The van der Waals surface area contributed by atoms with Crippen LogP contribution in [-0.4, -0.2) is 13.7 Å². The van der Waals surface area contributed by atoms with Crippen molar-refractivity contribution in [3.63, 3.8) is 0 Å². The Labute approximate surface area is 115 Å². The van der Waals surface area contributed by atoms with E-state index in [1.54, 1.807) is 7.11 Å². The number of hydrogen-bond acceptors (Lipinski definition) is 1. The van der Waals surface area contributed by atoms with Crippen LogP contribution in [0.25, 0.3) is 0 Å². The molecule has 0 heterocycles. The molecule has 1 aliphatic rings. The summed E-state index contributed by atoms with van der Waals surface area (Å²) in [6.07, 6.45) is 9.60. The van der Waals surface area contributed by atoms with Crippen molar-refractivity contribution in [3.05, 3.63) is 47.0 Å². The smallest absolute Gasteiger partial charge is 0.0643 e. The molecule has 2 heteroatoms. The minimum atomic E-state index is 0.717. The van der Waals surface area contributed by atoms with Crippen molar-refractivity contribution >= 4 is 11.6 Å². The first kappa shape index (κ1) is 13.6. The highest BCUT2D eigenvalue weighted by Crippen LogP contribution is 2.36. The van der Waals surface area contributed by atoms with Crippen molar-refractivity contribution in [2.75, 3.05) is 13.7 Å². The summed E-state index contributed by atoms with van der Waals surface area (Å²) in [4.78, 5) is 0. The zero-order chi connectivity index (χ0) is 12.8. The molecule has 2 rings (SSSR count). The van der Waals surface area contributed by atoms with Crippen molar-refractivity contribution in [1.29, 1.82) is 0 Å². The molecule has 0 radical (unpaired) electrons. The van der Waals surface area contributed by atoms with Gasteiger partial charge in [0.15, 0.2) is 0 Å². The summed E-state index contributed by atoms with van der Waals surface area (Å²) in [5, 5.41) is 0.829. The second kappa shape index (κ2) is 6.96. The van der Waals surface area contributed by atoms with Crippen molar-refractivity contribution in [3.8, 4) is 0 Å². The van der Waals surface area contributed by atoms with Gasteiger partial charge in [-0.2, -0.15) is 0 Å². The fourth-order valence-electron chi connectivity index (χ4n) is 2.72. The van der Waals surface area contributed by atoms with Crippen LogP contribution in [-0.2, 0) is 4.74 Å². The predicted octanol–water partition coefficient (Wildman–Crippen LogP) is 4.82. The molecule has 1 aliphatic carbocycles. The van der Waals surface area contributed by atoms with Gasteiger partial charge in [-0.15, -0.1) is 0 Å². The molecule has 98 valence electrons. The highest BCUT2D eigenvalue weighted by Gasteiger charge is 2.20. The Morgan fingerprint density at radius 1 is 1.17 bits per heavy atom. The van der Waals surface area contributed by atoms with Crippen LogP contribution >= 0.6 is 11.6 Å². The lowest BCUT2D eigenvalue weighted by Gasteiger charge is -2.27. The zero-order valence-corrected chi connectivity index (χ0v) is 11.7. The number of rotatable bonds is 4. The topological polar surface area (TPSA) is 9.23 Å². The Kier molecular flexibility index (Phi) is 5.27. The number of methoxy groups -OCH3 is 1. The molecule has 1 aromatic carbocycles. The number of benzene rings is 1. The first-order valence-electron chi connectivity index (χ1n) is 6.70. The molecule has 0 bridgehead atoms. The van der Waals surface area contributed by atoms with Crippen LogP contribution in [0.5, 0.6) is 0 Å². The van der Waals surface area contributed by atoms with Crippen LogP contribution in [0.4, 0.5) is 0 Å². The Bertz CT molecular complexity index is 375. The summed E-state index contributed by atoms with van der Waals surface area (Å²) in [7, 11) is 1.74. The van der Waals surface area contributed by atoms with Gasteiger partial charge in [-0.3, -0.25) is 0 Å². The van der Waals surface area contributed by atoms with E-state index in [-0.39, 0.29) is 0 Å². The van der Waals surface area contributed by atoms with Gasteiger partial charge in [0.05, 0.1) is 6.61 Å². The lowest BCUT2D eigenvalue weighted by Crippen LogP contribution is -2.11. The van der Waals surface area contributed by atoms with Crippen LogP contribution in [0.3, 0.4) is 0 Å². The van der Waals surface area contributed by atoms with Crippen LogP contribution < -0.4 is 0 Å². The molecule has 0 atom stereocenters. The van der Waals surface area contributed by atoms with Crippen molar-refractivity contribution in [2.45, 2.75) is 31.6 Å². The lowest BCUT2D eigenvalue weighted by molar-refractivity contribution is 0.233. The van der Waals surface area contributed by atoms with Crippen LogP contribution in [0, 0.1) is 5.92 Å². The van der Waals surface area contributed by atoms with Gasteiger partial charge in [0, 0.05) is 12.1 Å². The average Bonchev–Trinajstić information content (AvgIpc) is 2.41. The van der Waals surface area contributed by atoms with Gasteiger partial charge in [0.25, 0.3) is 0 Å². The molecule has 1 saturated carbocycles. The Morgan fingerprint density at radius 2 is 1.83 bits per heavy atom. The van der Waals surface area contributed by atoms with Crippen molar-refractivity contribution < 1.29 is 4.74 Å². The summed E-state index contributed by atoms with van der Waals surface area (Å²) in [5.41, 5.74) is 1.44. The zero-order valence-electron chi connectivity index (χ0n) is 10.9. The van der Waals surface area contributed by atoms with E-state index < -0.39 is 0 Å². The fraction of sp³-hybridized carbons (Fsp3) is 0.500. The van der Waals surface area contributed by atoms with E-state index in [4.69, 9.17) is 16.3 Å². The Hall–Kier alpha value is -0.790. The Balaban J connectivity index is 1.84. The van der Waals surface area contributed by atoms with Gasteiger partial charge in [-0.05, 0) is 55.2 Å². The third-order valence-electron chi connectivity index (χ3n) is 3.78. The summed E-state index contributed by atoms with van der Waals surface area (Å²) >= 11 is 5.92. The van der Waals surface area contributed by atoms with E-state index in [9.17, 15) is 0 Å². The van der Waals surface area contributed by atoms with Crippen molar-refractivity contribution in [1.82, 2.24) is 0 Å². The van der Waals surface area contributed by atoms with E-state index in [0.29, 0.717) is 5.92 Å². The molecule has 0 aromatic heterocycles. The number of allylic oxidation sites excluding steroid dienone is 1. The molecule has 0 aliphatic heterocycles. The van der Waals surface area contributed by atoms with Crippen LogP contribution in [0.15, 0.2) is 36.4 Å². The molecule has 0 spiro atoms. The van der Waals surface area contributed by atoms with E-state index >= 15 is 0 Å². The second-order valence-corrected chi connectivity index (χ2v) is 5.48. The summed E-state index contributed by atoms with van der Waals surface area (Å²) in [6, 6.07) is 8.35. The van der Waals surface area contributed by atoms with E-state index in [1.165, 1.54) is 31.2 Å². The van der Waals surface area contributed by atoms with Gasteiger partial charge in [0.1, 0.15) is 0 Å². The minimum Gasteiger partial charge on any atom is -0.381 e. The normalized spacial score (nSPS) is 24.6. The van der Waals surface area contributed by atoms with E-state index in [2.05, 4.69) is 24.3 Å². The minimum absolute atomic E-state index is 0.717. The number of hydrogen-bond donors (Lipinski definition) is 0. The SMILES string of the molecule is COCC=C[C@H]1CC[C@H](c2ccc(Cl)cc2)CC1. The fourth-order valence-corrected chi connectivity index (χ4v) is 2.85. The Morgan fingerprint density at radius 3 is 2.44 bits per heavy atom. The predicted molar refractivity (Wildman–Crippen MR) is 77.2 cm³/mol. The maximum absolute atomic E-state index is 5.92. The highest BCUT2D eigenvalue weighted by molar-refractivity contribution is 6.30. The second-order valence-electron chi connectivity index (χ2n) is 5.05. The molecule has 1 nitrogen and oxygen atoms in total. The van der Waals surface area contributed by atoms with Crippen LogP contribution in [0.2, 0.25) is 5.02 Å². The van der Waals surface area contributed by atoms with Gasteiger partial charge in [-0.1, -0.05) is 35.9 Å². The number of halogens is 1. The van der Waals surface area contributed by atoms with Gasteiger partial charge < -0.3 is 4.74 Å². The molecule has 1 aromatic rings.